The van der Waals surface area contributed by atoms with E-state index in [9.17, 15) is 4.79 Å². The molecule has 3 aromatic rings. The summed E-state index contributed by atoms with van der Waals surface area (Å²) in [7, 11) is 3.50. The van der Waals surface area contributed by atoms with Crippen molar-refractivity contribution in [3.8, 4) is 11.4 Å². The molecule has 0 saturated carbocycles. The van der Waals surface area contributed by atoms with Gasteiger partial charge in [0.05, 0.1) is 5.69 Å². The molecular formula is C16H16ClN7O. The van der Waals surface area contributed by atoms with Gasteiger partial charge in [0.15, 0.2) is 5.82 Å². The summed E-state index contributed by atoms with van der Waals surface area (Å²) in [6.07, 6.45) is 3.07. The Balaban J connectivity index is 1.75. The maximum atomic E-state index is 12.2. The lowest BCUT2D eigenvalue weighted by Gasteiger charge is -2.05. The van der Waals surface area contributed by atoms with Crippen LogP contribution < -0.4 is 5.32 Å². The number of carbonyl (C=O) groups is 1. The Hall–Kier alpha value is -3.00. The molecule has 0 atom stereocenters. The minimum atomic E-state index is -0.271. The highest BCUT2D eigenvalue weighted by molar-refractivity contribution is 6.31. The molecule has 0 fully saturated rings. The van der Waals surface area contributed by atoms with Gasteiger partial charge in [-0.15, -0.1) is 5.10 Å². The van der Waals surface area contributed by atoms with E-state index in [0.717, 1.165) is 16.8 Å². The zero-order valence-electron chi connectivity index (χ0n) is 13.9. The van der Waals surface area contributed by atoms with Crippen molar-refractivity contribution in [1.82, 2.24) is 30.0 Å². The Morgan fingerprint density at radius 2 is 2.08 bits per heavy atom. The topological polar surface area (TPSA) is 90.5 Å². The van der Waals surface area contributed by atoms with Crippen molar-refractivity contribution in [2.75, 3.05) is 5.32 Å². The molecule has 128 valence electrons. The van der Waals surface area contributed by atoms with E-state index in [1.54, 1.807) is 41.7 Å². The van der Waals surface area contributed by atoms with Crippen molar-refractivity contribution in [3.63, 3.8) is 0 Å². The van der Waals surface area contributed by atoms with Crippen LogP contribution in [0.5, 0.6) is 0 Å². The lowest BCUT2D eigenvalue weighted by atomic mass is 10.2. The Kier molecular flexibility index (Phi) is 4.62. The molecule has 0 saturated heterocycles. The second-order valence-electron chi connectivity index (χ2n) is 5.44. The van der Waals surface area contributed by atoms with Gasteiger partial charge in [0.1, 0.15) is 5.15 Å². The van der Waals surface area contributed by atoms with E-state index >= 15 is 0 Å². The SMILES string of the molecule is Cc1nn(C)c(Cl)c1/C=C/C(=O)Nc1cccc(-c2nnnn2C)c1. The second kappa shape index (κ2) is 6.86. The highest BCUT2D eigenvalue weighted by atomic mass is 35.5. The number of hydrogen-bond donors (Lipinski definition) is 1. The van der Waals surface area contributed by atoms with Crippen LogP contribution in [-0.4, -0.2) is 35.9 Å². The van der Waals surface area contributed by atoms with Crippen LogP contribution in [0.25, 0.3) is 17.5 Å². The van der Waals surface area contributed by atoms with Crippen molar-refractivity contribution >= 4 is 29.3 Å². The van der Waals surface area contributed by atoms with Crippen molar-refractivity contribution in [1.29, 1.82) is 0 Å². The van der Waals surface area contributed by atoms with E-state index in [-0.39, 0.29) is 5.91 Å². The number of hydrogen-bond acceptors (Lipinski definition) is 5. The van der Waals surface area contributed by atoms with E-state index in [0.29, 0.717) is 16.7 Å². The number of halogens is 1. The van der Waals surface area contributed by atoms with Gasteiger partial charge in [-0.1, -0.05) is 23.7 Å². The summed E-state index contributed by atoms with van der Waals surface area (Å²) in [5, 5.41) is 18.9. The summed E-state index contributed by atoms with van der Waals surface area (Å²) in [6, 6.07) is 7.29. The molecule has 2 aromatic heterocycles. The number of anilines is 1. The monoisotopic (exact) mass is 357 g/mol. The van der Waals surface area contributed by atoms with Crippen LogP contribution in [0.4, 0.5) is 5.69 Å². The average molecular weight is 358 g/mol. The average Bonchev–Trinajstić information content (AvgIpc) is 3.10. The molecule has 0 bridgehead atoms. The molecular weight excluding hydrogens is 342 g/mol. The van der Waals surface area contributed by atoms with Crippen molar-refractivity contribution in [3.05, 3.63) is 46.8 Å². The Labute approximate surface area is 149 Å². The third-order valence-electron chi connectivity index (χ3n) is 3.61. The molecule has 3 rings (SSSR count). The van der Waals surface area contributed by atoms with Gasteiger partial charge in [-0.05, 0) is 35.6 Å². The van der Waals surface area contributed by atoms with Crippen LogP contribution in [0.3, 0.4) is 0 Å². The van der Waals surface area contributed by atoms with E-state index in [4.69, 9.17) is 11.6 Å². The molecule has 8 nitrogen and oxygen atoms in total. The Bertz CT molecular complexity index is 957. The smallest absolute Gasteiger partial charge is 0.248 e. The Morgan fingerprint density at radius 1 is 1.28 bits per heavy atom. The van der Waals surface area contributed by atoms with Crippen LogP contribution in [0.15, 0.2) is 30.3 Å². The maximum Gasteiger partial charge on any atom is 0.248 e. The fourth-order valence-corrected chi connectivity index (χ4v) is 2.63. The highest BCUT2D eigenvalue weighted by Crippen LogP contribution is 2.21. The summed E-state index contributed by atoms with van der Waals surface area (Å²) in [6.45, 7) is 1.84. The number of nitrogens with one attached hydrogen (secondary N) is 1. The lowest BCUT2D eigenvalue weighted by molar-refractivity contribution is -0.111. The Morgan fingerprint density at radius 3 is 2.72 bits per heavy atom. The first kappa shape index (κ1) is 16.8. The number of nitrogens with zero attached hydrogens (tertiary/aromatic N) is 6. The van der Waals surface area contributed by atoms with Crippen molar-refractivity contribution < 1.29 is 4.79 Å². The second-order valence-corrected chi connectivity index (χ2v) is 5.80. The molecule has 1 aromatic carbocycles. The molecule has 0 aliphatic carbocycles. The lowest BCUT2D eigenvalue weighted by Crippen LogP contribution is -2.08. The molecule has 1 amide bonds. The molecule has 2 heterocycles. The first-order valence-electron chi connectivity index (χ1n) is 7.46. The molecule has 0 aliphatic heterocycles. The summed E-state index contributed by atoms with van der Waals surface area (Å²) in [5.74, 6) is 0.344. The third kappa shape index (κ3) is 3.58. The summed E-state index contributed by atoms with van der Waals surface area (Å²) >= 11 is 6.15. The predicted octanol–water partition coefficient (Wildman–Crippen LogP) is 2.22. The number of aryl methyl sites for hydroxylation is 3. The van der Waals surface area contributed by atoms with Gasteiger partial charge >= 0.3 is 0 Å². The van der Waals surface area contributed by atoms with E-state index in [1.807, 2.05) is 19.1 Å². The minimum absolute atomic E-state index is 0.271. The van der Waals surface area contributed by atoms with Gasteiger partial charge in [-0.2, -0.15) is 5.10 Å². The molecule has 0 aliphatic rings. The van der Waals surface area contributed by atoms with Gasteiger partial charge in [0, 0.05) is 37.0 Å². The standard InChI is InChI=1S/C16H16ClN7O/c1-10-13(15(17)23(2)20-10)7-8-14(25)18-12-6-4-5-11(9-12)16-19-21-22-24(16)3/h4-9H,1-3H3,(H,18,25)/b8-7+. The number of tetrazole rings is 1. The normalized spacial score (nSPS) is 11.2. The highest BCUT2D eigenvalue weighted by Gasteiger charge is 2.09. The molecule has 9 heteroatoms. The van der Waals surface area contributed by atoms with Crippen molar-refractivity contribution in [2.24, 2.45) is 14.1 Å². The first-order chi connectivity index (χ1) is 12.0. The zero-order valence-corrected chi connectivity index (χ0v) is 14.7. The van der Waals surface area contributed by atoms with Gasteiger partial charge in [0.2, 0.25) is 5.91 Å². The fraction of sp³-hybridized carbons (Fsp3) is 0.188. The molecule has 25 heavy (non-hydrogen) atoms. The van der Waals surface area contributed by atoms with Crippen LogP contribution >= 0.6 is 11.6 Å². The summed E-state index contributed by atoms with van der Waals surface area (Å²) in [4.78, 5) is 12.2. The summed E-state index contributed by atoms with van der Waals surface area (Å²) in [5.41, 5.74) is 2.93. The van der Waals surface area contributed by atoms with Crippen LogP contribution in [0.1, 0.15) is 11.3 Å². The van der Waals surface area contributed by atoms with E-state index < -0.39 is 0 Å². The van der Waals surface area contributed by atoms with Gasteiger partial charge in [-0.25, -0.2) is 4.68 Å². The number of benzene rings is 1. The maximum absolute atomic E-state index is 12.2. The largest absolute Gasteiger partial charge is 0.322 e. The quantitative estimate of drug-likeness (QED) is 0.723. The van der Waals surface area contributed by atoms with Gasteiger partial charge in [-0.3, -0.25) is 9.48 Å². The van der Waals surface area contributed by atoms with Gasteiger partial charge < -0.3 is 5.32 Å². The number of carbonyl (C=O) groups excluding carboxylic acids is 1. The molecule has 0 spiro atoms. The zero-order chi connectivity index (χ0) is 18.0. The first-order valence-corrected chi connectivity index (χ1v) is 7.84. The van der Waals surface area contributed by atoms with Crippen LogP contribution in [0.2, 0.25) is 5.15 Å². The number of rotatable bonds is 4. The third-order valence-corrected chi connectivity index (χ3v) is 4.05. The molecule has 0 radical (unpaired) electrons. The van der Waals surface area contributed by atoms with E-state index in [2.05, 4.69) is 25.9 Å². The van der Waals surface area contributed by atoms with Crippen LogP contribution in [0, 0.1) is 6.92 Å². The molecule has 0 unspecified atom stereocenters. The fourth-order valence-electron chi connectivity index (χ4n) is 2.39. The number of amides is 1. The minimum Gasteiger partial charge on any atom is -0.322 e. The molecule has 1 N–H and O–H groups in total. The van der Waals surface area contributed by atoms with Crippen molar-refractivity contribution in [2.45, 2.75) is 6.92 Å². The number of aromatic nitrogens is 6. The van der Waals surface area contributed by atoms with Gasteiger partial charge in [0.25, 0.3) is 0 Å². The predicted molar refractivity (Wildman–Crippen MR) is 94.9 cm³/mol. The summed E-state index contributed by atoms with van der Waals surface area (Å²) < 4.78 is 3.13. The van der Waals surface area contributed by atoms with E-state index in [1.165, 1.54) is 6.08 Å². The van der Waals surface area contributed by atoms with Crippen LogP contribution in [-0.2, 0) is 18.9 Å².